The molecule has 8 nitrogen and oxygen atoms in total. The Morgan fingerprint density at radius 3 is 1.34 bits per heavy atom. The zero-order valence-corrected chi connectivity index (χ0v) is 33.2. The number of nitrogens with zero attached hydrogens (tertiary/aromatic N) is 2. The number of rotatable bonds is 7. The van der Waals surface area contributed by atoms with Crippen molar-refractivity contribution in [3.63, 3.8) is 0 Å². The molecule has 2 N–H and O–H groups in total. The third-order valence-electron chi connectivity index (χ3n) is 9.64. The van der Waals surface area contributed by atoms with Crippen molar-refractivity contribution < 1.29 is 33.2 Å². The van der Waals surface area contributed by atoms with Gasteiger partial charge in [0, 0.05) is 8.95 Å². The van der Waals surface area contributed by atoms with E-state index < -0.39 is 0 Å². The van der Waals surface area contributed by atoms with E-state index in [9.17, 15) is 14.4 Å². The summed E-state index contributed by atoms with van der Waals surface area (Å²) in [6.07, 6.45) is 4.29. The highest BCUT2D eigenvalue weighted by molar-refractivity contribution is 9.10. The Hall–Kier alpha value is -1.90. The molecule has 0 atom stereocenters. The van der Waals surface area contributed by atoms with Crippen molar-refractivity contribution in [3.05, 3.63) is 87.6 Å². The monoisotopic (exact) mass is 816 g/mol. The van der Waals surface area contributed by atoms with Crippen LogP contribution >= 0.6 is 31.9 Å². The maximum absolute atomic E-state index is 12.1. The molecule has 0 aliphatic carbocycles. The van der Waals surface area contributed by atoms with Crippen LogP contribution in [0.2, 0.25) is 13.6 Å². The van der Waals surface area contributed by atoms with Crippen LogP contribution in [0, 0.1) is 5.82 Å². The lowest BCUT2D eigenvalue weighted by Gasteiger charge is -2.32. The quantitative estimate of drug-likeness (QED) is 0.249. The molecule has 3 heterocycles. The maximum Gasteiger partial charge on any atom is 0.494 e. The molecule has 0 bridgehead atoms. The molecule has 0 spiro atoms. The van der Waals surface area contributed by atoms with Crippen molar-refractivity contribution >= 4 is 58.5 Å². The van der Waals surface area contributed by atoms with E-state index in [1.807, 2.05) is 62.2 Å². The van der Waals surface area contributed by atoms with Crippen LogP contribution in [0.5, 0.6) is 11.5 Å². The van der Waals surface area contributed by atoms with Crippen LogP contribution in [0.15, 0.2) is 81.7 Å². The topological polar surface area (TPSA) is 83.9 Å². The van der Waals surface area contributed by atoms with Crippen molar-refractivity contribution in [1.29, 1.82) is 0 Å². The van der Waals surface area contributed by atoms with Crippen LogP contribution < -0.4 is 14.9 Å². The Kier molecular flexibility index (Phi) is 15.3. The summed E-state index contributed by atoms with van der Waals surface area (Å²) in [6.45, 7) is 15.4. The number of ether oxygens (including phenoxy) is 2. The second-order valence-corrected chi connectivity index (χ2v) is 15.8. The molecule has 3 aliphatic rings. The molecule has 0 saturated carbocycles. The number of hydrogen-bond donors (Lipinski definition) is 2. The molecular formula is C36H50B3Br2FN2O6. The second kappa shape index (κ2) is 18.7. The molecule has 0 amide bonds. The summed E-state index contributed by atoms with van der Waals surface area (Å²) in [6, 6.07) is 22.1. The van der Waals surface area contributed by atoms with E-state index in [0.29, 0.717) is 0 Å². The third-order valence-corrected chi connectivity index (χ3v) is 10.7. The van der Waals surface area contributed by atoms with Gasteiger partial charge in [0.15, 0.2) is 0 Å². The molecule has 50 heavy (non-hydrogen) atoms. The van der Waals surface area contributed by atoms with Crippen molar-refractivity contribution in [3.8, 4) is 11.5 Å². The van der Waals surface area contributed by atoms with Crippen LogP contribution in [-0.4, -0.2) is 90.5 Å². The summed E-state index contributed by atoms with van der Waals surface area (Å²) < 4.78 is 38.2. The van der Waals surface area contributed by atoms with Gasteiger partial charge in [0.05, 0.1) is 11.2 Å². The molecule has 3 aliphatic heterocycles. The van der Waals surface area contributed by atoms with E-state index in [-0.39, 0.29) is 50.4 Å². The lowest BCUT2D eigenvalue weighted by atomic mass is 9.79. The molecule has 270 valence electrons. The van der Waals surface area contributed by atoms with Crippen LogP contribution in [-0.2, 0) is 9.31 Å². The molecule has 0 unspecified atom stereocenters. The van der Waals surface area contributed by atoms with Crippen LogP contribution in [0.3, 0.4) is 0 Å². The van der Waals surface area contributed by atoms with Gasteiger partial charge in [-0.3, -0.25) is 0 Å². The summed E-state index contributed by atoms with van der Waals surface area (Å²) in [5.41, 5.74) is 0.352. The van der Waals surface area contributed by atoms with E-state index in [2.05, 4.69) is 69.2 Å². The Morgan fingerprint density at radius 2 is 1.00 bits per heavy atom. The van der Waals surface area contributed by atoms with Gasteiger partial charge in [-0.25, -0.2) is 4.39 Å². The van der Waals surface area contributed by atoms with Crippen LogP contribution in [0.1, 0.15) is 53.4 Å². The fraction of sp³-hybridized carbons (Fsp3) is 0.500. The number of benzene rings is 3. The normalized spacial score (nSPS) is 19.5. The minimum absolute atomic E-state index is 0.201. The minimum atomic E-state index is -0.375. The molecule has 3 saturated heterocycles. The Morgan fingerprint density at radius 1 is 0.660 bits per heavy atom. The molecule has 14 heteroatoms. The summed E-state index contributed by atoms with van der Waals surface area (Å²) in [4.78, 5) is 4.14. The molecule has 0 aromatic heterocycles. The Bertz CT molecular complexity index is 1400. The smallest absolute Gasteiger partial charge is 0.490 e. The first-order valence-corrected chi connectivity index (χ1v) is 19.0. The average molecular weight is 818 g/mol. The minimum Gasteiger partial charge on any atom is -0.490 e. The van der Waals surface area contributed by atoms with Crippen molar-refractivity contribution in [2.45, 2.75) is 90.4 Å². The largest absolute Gasteiger partial charge is 0.494 e. The lowest BCUT2D eigenvalue weighted by Crippen LogP contribution is -2.45. The molecule has 3 aromatic carbocycles. The first kappa shape index (κ1) is 40.9. The third kappa shape index (κ3) is 12.4. The predicted octanol–water partition coefficient (Wildman–Crippen LogP) is 6.93. The number of hydrogen-bond acceptors (Lipinski definition) is 8. The molecule has 6 rings (SSSR count). The SMILES string of the molecule is CB(O)N1CCC(Oc2ccc(B3OC(C)(C)C(C)(C)O3)cc2)CC1.CB(O)N1CCC(Oc2ccc(Br)cc2)CC1.Fc1ccc(Br)cc1. The van der Waals surface area contributed by atoms with Gasteiger partial charge in [-0.1, -0.05) is 44.0 Å². The number of piperidine rings is 2. The van der Waals surface area contributed by atoms with E-state index in [1.54, 1.807) is 12.1 Å². The van der Waals surface area contributed by atoms with Crippen LogP contribution in [0.25, 0.3) is 0 Å². The zero-order chi connectivity index (χ0) is 36.5. The predicted molar refractivity (Wildman–Crippen MR) is 209 cm³/mol. The lowest BCUT2D eigenvalue weighted by molar-refractivity contribution is 0.00578. The highest BCUT2D eigenvalue weighted by Gasteiger charge is 2.51. The molecule has 0 radical (unpaired) electrons. The van der Waals surface area contributed by atoms with Gasteiger partial charge < -0.3 is 38.5 Å². The summed E-state index contributed by atoms with van der Waals surface area (Å²) in [5.74, 6) is 1.59. The average Bonchev–Trinajstić information content (AvgIpc) is 3.31. The van der Waals surface area contributed by atoms with Gasteiger partial charge >= 0.3 is 21.2 Å². The number of halogens is 3. The summed E-state index contributed by atoms with van der Waals surface area (Å²) >= 11 is 6.58. The zero-order valence-electron chi connectivity index (χ0n) is 30.0. The fourth-order valence-electron chi connectivity index (χ4n) is 5.74. The Balaban J connectivity index is 0.000000192. The standard InChI is InChI=1S/C18H29B2NO4.C12H17BBrNO2.C6H4BrF/c1-17(2)18(3,4)25-20(24-17)14-6-8-15(9-7-14)23-16-10-12-21(13-11-16)19(5)22;1-13(16)15-8-6-12(7-9-15)17-11-4-2-10(14)3-5-11;7-5-1-3-6(8)4-2-5/h6-9,16,22H,10-13H2,1-5H3;2-5,12,16H,6-9H2,1H3;1-4H. The van der Waals surface area contributed by atoms with Gasteiger partial charge in [-0.05, 0) is 159 Å². The van der Waals surface area contributed by atoms with Crippen molar-refractivity contribution in [2.24, 2.45) is 0 Å². The van der Waals surface area contributed by atoms with E-state index in [4.69, 9.17) is 18.8 Å². The molecule has 3 aromatic rings. The first-order valence-electron chi connectivity index (χ1n) is 17.4. The fourth-order valence-corrected chi connectivity index (χ4v) is 6.27. The van der Waals surface area contributed by atoms with Crippen LogP contribution in [0.4, 0.5) is 4.39 Å². The first-order chi connectivity index (χ1) is 23.6. The summed E-state index contributed by atoms with van der Waals surface area (Å²) in [7, 11) is -1.06. The van der Waals surface area contributed by atoms with Crippen molar-refractivity contribution in [1.82, 2.24) is 9.62 Å². The maximum atomic E-state index is 12.1. The summed E-state index contributed by atoms with van der Waals surface area (Å²) in [5, 5.41) is 19.1. The van der Waals surface area contributed by atoms with Gasteiger partial charge in [0.1, 0.15) is 29.5 Å². The highest BCUT2D eigenvalue weighted by atomic mass is 79.9. The Labute approximate surface area is 315 Å². The molecule has 3 fully saturated rings. The van der Waals surface area contributed by atoms with Gasteiger partial charge in [-0.2, -0.15) is 0 Å². The second-order valence-electron chi connectivity index (χ2n) is 14.0. The van der Waals surface area contributed by atoms with Gasteiger partial charge in [-0.15, -0.1) is 0 Å². The van der Waals surface area contributed by atoms with E-state index >= 15 is 0 Å². The van der Waals surface area contributed by atoms with Crippen molar-refractivity contribution in [2.75, 3.05) is 26.2 Å². The molecular weight excluding hydrogens is 768 g/mol. The highest BCUT2D eigenvalue weighted by Crippen LogP contribution is 2.36. The van der Waals surface area contributed by atoms with Gasteiger partial charge in [0.2, 0.25) is 0 Å². The van der Waals surface area contributed by atoms with E-state index in [1.165, 1.54) is 12.1 Å². The van der Waals surface area contributed by atoms with E-state index in [0.717, 1.165) is 77.8 Å². The van der Waals surface area contributed by atoms with Gasteiger partial charge in [0.25, 0.3) is 0 Å².